The Balaban J connectivity index is 2.87. The minimum absolute atomic E-state index is 0.684. The van der Waals surface area contributed by atoms with Crippen molar-refractivity contribution in [1.82, 2.24) is 0 Å². The van der Waals surface area contributed by atoms with Gasteiger partial charge < -0.3 is 17.2 Å². The van der Waals surface area contributed by atoms with Crippen LogP contribution in [0.1, 0.15) is 16.7 Å². The third-order valence-electron chi connectivity index (χ3n) is 2.53. The van der Waals surface area contributed by atoms with Gasteiger partial charge >= 0.3 is 0 Å². The third-order valence-corrected chi connectivity index (χ3v) is 2.53. The summed E-state index contributed by atoms with van der Waals surface area (Å²) >= 11 is 0. The van der Waals surface area contributed by atoms with Crippen LogP contribution in [-0.2, 0) is 19.3 Å². The third kappa shape index (κ3) is 3.63. The van der Waals surface area contributed by atoms with E-state index in [0.717, 1.165) is 19.3 Å². The van der Waals surface area contributed by atoms with Crippen molar-refractivity contribution in [3.63, 3.8) is 0 Å². The molecule has 0 aromatic heterocycles. The van der Waals surface area contributed by atoms with Gasteiger partial charge in [-0.2, -0.15) is 0 Å². The smallest absolute Gasteiger partial charge is 0.00366 e. The average molecular weight is 207 g/mol. The van der Waals surface area contributed by atoms with Crippen molar-refractivity contribution in [1.29, 1.82) is 0 Å². The number of hydrogen-bond donors (Lipinski definition) is 3. The molecular weight excluding hydrogens is 186 g/mol. The molecule has 3 nitrogen and oxygen atoms in total. The standard InChI is InChI=1S/C12H21N3/c13-6-3-10-1-2-11(4-7-14)12(9-10)5-8-15/h1-2,9H,3-8,13-15H2. The van der Waals surface area contributed by atoms with Gasteiger partial charge in [-0.05, 0) is 55.6 Å². The first-order chi connectivity index (χ1) is 7.31. The van der Waals surface area contributed by atoms with Crippen LogP contribution in [0.2, 0.25) is 0 Å². The summed E-state index contributed by atoms with van der Waals surface area (Å²) in [6.45, 7) is 2.07. The summed E-state index contributed by atoms with van der Waals surface area (Å²) in [5.74, 6) is 0. The van der Waals surface area contributed by atoms with E-state index in [-0.39, 0.29) is 0 Å². The SMILES string of the molecule is NCCc1ccc(CCN)c(CCN)c1. The molecule has 1 aromatic rings. The van der Waals surface area contributed by atoms with E-state index in [1.807, 2.05) is 0 Å². The lowest BCUT2D eigenvalue weighted by Gasteiger charge is -2.10. The predicted octanol–water partition coefficient (Wildman–Crippen LogP) is 0.190. The maximum absolute atomic E-state index is 5.59. The van der Waals surface area contributed by atoms with Gasteiger partial charge in [0.25, 0.3) is 0 Å². The molecule has 15 heavy (non-hydrogen) atoms. The van der Waals surface area contributed by atoms with Crippen LogP contribution in [0, 0.1) is 0 Å². The largest absolute Gasteiger partial charge is 0.330 e. The normalized spacial score (nSPS) is 10.6. The number of rotatable bonds is 6. The first kappa shape index (κ1) is 12.2. The van der Waals surface area contributed by atoms with Crippen molar-refractivity contribution in [2.45, 2.75) is 19.3 Å². The Hall–Kier alpha value is -0.900. The first-order valence-corrected chi connectivity index (χ1v) is 5.52. The summed E-state index contributed by atoms with van der Waals surface area (Å²) in [6.07, 6.45) is 2.78. The summed E-state index contributed by atoms with van der Waals surface area (Å²) in [6, 6.07) is 6.51. The van der Waals surface area contributed by atoms with Crippen LogP contribution in [0.4, 0.5) is 0 Å². The Labute approximate surface area is 91.6 Å². The van der Waals surface area contributed by atoms with Crippen LogP contribution in [0.25, 0.3) is 0 Å². The molecule has 0 unspecified atom stereocenters. The Kier molecular flexibility index (Phi) is 5.32. The summed E-state index contributed by atoms with van der Waals surface area (Å²) in [5, 5.41) is 0. The molecule has 0 amide bonds. The van der Waals surface area contributed by atoms with E-state index < -0.39 is 0 Å². The molecule has 0 saturated heterocycles. The van der Waals surface area contributed by atoms with E-state index in [1.165, 1.54) is 16.7 Å². The van der Waals surface area contributed by atoms with Crippen molar-refractivity contribution in [2.75, 3.05) is 19.6 Å². The van der Waals surface area contributed by atoms with Crippen LogP contribution in [0.3, 0.4) is 0 Å². The number of benzene rings is 1. The van der Waals surface area contributed by atoms with Crippen LogP contribution < -0.4 is 17.2 Å². The highest BCUT2D eigenvalue weighted by Gasteiger charge is 2.02. The predicted molar refractivity (Wildman–Crippen MR) is 64.7 cm³/mol. The minimum Gasteiger partial charge on any atom is -0.330 e. The number of hydrogen-bond acceptors (Lipinski definition) is 3. The maximum atomic E-state index is 5.59. The highest BCUT2D eigenvalue weighted by atomic mass is 14.5. The van der Waals surface area contributed by atoms with Crippen molar-refractivity contribution in [3.05, 3.63) is 34.9 Å². The monoisotopic (exact) mass is 207 g/mol. The van der Waals surface area contributed by atoms with E-state index in [9.17, 15) is 0 Å². The highest BCUT2D eigenvalue weighted by molar-refractivity contribution is 5.33. The van der Waals surface area contributed by atoms with Gasteiger partial charge in [0.2, 0.25) is 0 Å². The fourth-order valence-corrected chi connectivity index (χ4v) is 1.79. The lowest BCUT2D eigenvalue weighted by molar-refractivity contribution is 0.893. The molecule has 0 radical (unpaired) electrons. The molecule has 6 N–H and O–H groups in total. The molecule has 1 rings (SSSR count). The average Bonchev–Trinajstić information content (AvgIpc) is 2.23. The second-order valence-corrected chi connectivity index (χ2v) is 3.72. The minimum atomic E-state index is 0.684. The van der Waals surface area contributed by atoms with Crippen LogP contribution >= 0.6 is 0 Å². The van der Waals surface area contributed by atoms with E-state index >= 15 is 0 Å². The van der Waals surface area contributed by atoms with E-state index in [1.54, 1.807) is 0 Å². The molecule has 84 valence electrons. The van der Waals surface area contributed by atoms with Crippen molar-refractivity contribution in [3.8, 4) is 0 Å². The van der Waals surface area contributed by atoms with E-state index in [0.29, 0.717) is 19.6 Å². The highest BCUT2D eigenvalue weighted by Crippen LogP contribution is 2.13. The first-order valence-electron chi connectivity index (χ1n) is 5.52. The summed E-state index contributed by atoms with van der Waals surface area (Å²) < 4.78 is 0. The maximum Gasteiger partial charge on any atom is -0.00366 e. The molecular formula is C12H21N3. The fourth-order valence-electron chi connectivity index (χ4n) is 1.79. The number of nitrogens with two attached hydrogens (primary N) is 3. The van der Waals surface area contributed by atoms with Gasteiger partial charge in [0.05, 0.1) is 0 Å². The molecule has 0 aliphatic heterocycles. The van der Waals surface area contributed by atoms with Gasteiger partial charge in [0, 0.05) is 0 Å². The molecule has 1 aromatic carbocycles. The zero-order chi connectivity index (χ0) is 11.1. The molecule has 0 saturated carbocycles. The Bertz CT molecular complexity index is 297. The van der Waals surface area contributed by atoms with Gasteiger partial charge in [0.15, 0.2) is 0 Å². The van der Waals surface area contributed by atoms with Crippen LogP contribution in [0.5, 0.6) is 0 Å². The summed E-state index contributed by atoms with van der Waals surface area (Å²) in [4.78, 5) is 0. The van der Waals surface area contributed by atoms with Gasteiger partial charge in [0.1, 0.15) is 0 Å². The van der Waals surface area contributed by atoms with E-state index in [2.05, 4.69) is 18.2 Å². The molecule has 0 fully saturated rings. The molecule has 0 aliphatic rings. The van der Waals surface area contributed by atoms with Gasteiger partial charge in [-0.3, -0.25) is 0 Å². The Morgan fingerprint density at radius 3 is 1.93 bits per heavy atom. The Morgan fingerprint density at radius 1 is 0.733 bits per heavy atom. The van der Waals surface area contributed by atoms with Gasteiger partial charge in [-0.25, -0.2) is 0 Å². The molecule has 0 aliphatic carbocycles. The molecule has 0 atom stereocenters. The zero-order valence-corrected chi connectivity index (χ0v) is 9.21. The quantitative estimate of drug-likeness (QED) is 0.623. The fraction of sp³-hybridized carbons (Fsp3) is 0.500. The topological polar surface area (TPSA) is 78.1 Å². The Morgan fingerprint density at radius 2 is 1.33 bits per heavy atom. The second kappa shape index (κ2) is 6.56. The van der Waals surface area contributed by atoms with Crippen molar-refractivity contribution < 1.29 is 0 Å². The van der Waals surface area contributed by atoms with Crippen LogP contribution in [0.15, 0.2) is 18.2 Å². The summed E-state index contributed by atoms with van der Waals surface area (Å²) in [5.41, 5.74) is 20.6. The molecule has 3 heteroatoms. The lowest BCUT2D eigenvalue weighted by Crippen LogP contribution is -2.10. The van der Waals surface area contributed by atoms with Crippen LogP contribution in [-0.4, -0.2) is 19.6 Å². The van der Waals surface area contributed by atoms with E-state index in [4.69, 9.17) is 17.2 Å². The zero-order valence-electron chi connectivity index (χ0n) is 9.21. The molecule has 0 heterocycles. The molecule has 0 spiro atoms. The van der Waals surface area contributed by atoms with Gasteiger partial charge in [-0.15, -0.1) is 0 Å². The summed E-state index contributed by atoms with van der Waals surface area (Å²) in [7, 11) is 0. The second-order valence-electron chi connectivity index (χ2n) is 3.72. The molecule has 0 bridgehead atoms. The van der Waals surface area contributed by atoms with Crippen molar-refractivity contribution >= 4 is 0 Å². The van der Waals surface area contributed by atoms with Gasteiger partial charge in [-0.1, -0.05) is 18.2 Å². The van der Waals surface area contributed by atoms with Crippen molar-refractivity contribution in [2.24, 2.45) is 17.2 Å². The lowest BCUT2D eigenvalue weighted by atomic mass is 9.98.